The van der Waals surface area contributed by atoms with E-state index in [2.05, 4.69) is 0 Å². The third-order valence-corrected chi connectivity index (χ3v) is 4.97. The molecule has 0 saturated heterocycles. The summed E-state index contributed by atoms with van der Waals surface area (Å²) in [6.45, 7) is 2.43. The molecule has 7 heteroatoms. The first-order chi connectivity index (χ1) is 13.4. The zero-order valence-electron chi connectivity index (χ0n) is 16.3. The highest BCUT2D eigenvalue weighted by atomic mass is 16.5. The Morgan fingerprint density at radius 3 is 2.25 bits per heavy atom. The molecule has 1 aliphatic heterocycles. The molecule has 0 spiro atoms. The van der Waals surface area contributed by atoms with Crippen molar-refractivity contribution in [3.63, 3.8) is 0 Å². The Balaban J connectivity index is 2.15. The predicted octanol–water partition coefficient (Wildman–Crippen LogP) is 3.10. The number of hydrogen-bond donors (Lipinski definition) is 1. The molecule has 0 aliphatic carbocycles. The lowest BCUT2D eigenvalue weighted by atomic mass is 9.80. The van der Waals surface area contributed by atoms with Crippen LogP contribution in [0.4, 0.5) is 0 Å². The van der Waals surface area contributed by atoms with Crippen molar-refractivity contribution in [2.45, 2.75) is 18.9 Å². The fourth-order valence-corrected chi connectivity index (χ4v) is 3.66. The van der Waals surface area contributed by atoms with E-state index in [1.165, 1.54) is 25.2 Å². The third kappa shape index (κ3) is 3.24. The number of nitrogens with zero attached hydrogens (tertiary/aromatic N) is 1. The Labute approximate surface area is 163 Å². The fourth-order valence-electron chi connectivity index (χ4n) is 3.66. The fraction of sp³-hybridized carbons (Fsp3) is 0.333. The normalized spacial score (nSPS) is 18.4. The highest BCUT2D eigenvalue weighted by Gasteiger charge is 2.43. The molecule has 1 heterocycles. The summed E-state index contributed by atoms with van der Waals surface area (Å²) in [6, 6.07) is 9.60. The van der Waals surface area contributed by atoms with Crippen molar-refractivity contribution in [1.82, 2.24) is 4.90 Å². The van der Waals surface area contributed by atoms with Crippen LogP contribution in [-0.2, 0) is 4.79 Å². The van der Waals surface area contributed by atoms with Gasteiger partial charge in [-0.2, -0.15) is 0 Å². The molecule has 0 unspecified atom stereocenters. The molecule has 148 valence electrons. The van der Waals surface area contributed by atoms with Crippen LogP contribution in [0.2, 0.25) is 0 Å². The number of likely N-dealkylation sites (N-methyl/N-ethyl adjacent to an activating group) is 1. The number of hydrogen-bond acceptors (Lipinski definition) is 5. The molecule has 7 nitrogen and oxygen atoms in total. The minimum atomic E-state index is -1.02. The Kier molecular flexibility index (Phi) is 5.44. The molecule has 0 bridgehead atoms. The summed E-state index contributed by atoms with van der Waals surface area (Å²) in [4.78, 5) is 26.7. The Bertz CT molecular complexity index is 893. The number of ether oxygens (including phenoxy) is 3. The molecular formula is C21H23NO6. The van der Waals surface area contributed by atoms with E-state index in [4.69, 9.17) is 14.2 Å². The van der Waals surface area contributed by atoms with Crippen molar-refractivity contribution in [2.75, 3.05) is 27.9 Å². The third-order valence-electron chi connectivity index (χ3n) is 4.97. The first-order valence-electron chi connectivity index (χ1n) is 8.91. The van der Waals surface area contributed by atoms with E-state index in [0.717, 1.165) is 0 Å². The summed E-state index contributed by atoms with van der Waals surface area (Å²) in [5, 5.41) is 10.0. The molecule has 28 heavy (non-hydrogen) atoms. The van der Waals surface area contributed by atoms with Gasteiger partial charge in [-0.15, -0.1) is 0 Å². The van der Waals surface area contributed by atoms with Gasteiger partial charge in [-0.05, 0) is 42.3 Å². The van der Waals surface area contributed by atoms with Crippen LogP contribution in [0.1, 0.15) is 40.4 Å². The molecule has 2 aromatic rings. The van der Waals surface area contributed by atoms with Crippen LogP contribution in [0, 0.1) is 0 Å². The van der Waals surface area contributed by atoms with E-state index in [-0.39, 0.29) is 5.91 Å². The Hall–Kier alpha value is -3.22. The predicted molar refractivity (Wildman–Crippen MR) is 102 cm³/mol. The summed E-state index contributed by atoms with van der Waals surface area (Å²) < 4.78 is 16.0. The largest absolute Gasteiger partial charge is 0.494 e. The first-order valence-corrected chi connectivity index (χ1v) is 8.91. The highest BCUT2D eigenvalue weighted by molar-refractivity contribution is 6.01. The summed E-state index contributed by atoms with van der Waals surface area (Å²) in [6.07, 6.45) is 0. The number of amides is 1. The smallest absolute Gasteiger partial charge is 0.313 e. The number of carbonyl (C=O) groups excluding carboxylic acids is 1. The summed E-state index contributed by atoms with van der Waals surface area (Å²) in [5.74, 6) is -0.786. The van der Waals surface area contributed by atoms with Crippen LogP contribution in [0.15, 0.2) is 36.4 Å². The number of carbonyl (C=O) groups is 2. The van der Waals surface area contributed by atoms with Gasteiger partial charge in [0.25, 0.3) is 5.91 Å². The van der Waals surface area contributed by atoms with Crippen molar-refractivity contribution >= 4 is 11.9 Å². The lowest BCUT2D eigenvalue weighted by Crippen LogP contribution is -2.42. The topological polar surface area (TPSA) is 85.3 Å². The van der Waals surface area contributed by atoms with E-state index < -0.39 is 17.9 Å². The van der Waals surface area contributed by atoms with Crippen molar-refractivity contribution in [2.24, 2.45) is 0 Å². The maximum Gasteiger partial charge on any atom is 0.313 e. The van der Waals surface area contributed by atoms with Gasteiger partial charge in [-0.1, -0.05) is 12.1 Å². The number of aliphatic carboxylic acids is 1. The second-order valence-electron chi connectivity index (χ2n) is 6.47. The number of benzene rings is 2. The summed E-state index contributed by atoms with van der Waals surface area (Å²) in [7, 11) is 4.55. The number of rotatable bonds is 6. The van der Waals surface area contributed by atoms with E-state index in [1.54, 1.807) is 37.4 Å². The molecule has 1 aliphatic rings. The minimum Gasteiger partial charge on any atom is -0.494 e. The molecule has 2 aromatic carbocycles. The molecule has 0 aromatic heterocycles. The summed E-state index contributed by atoms with van der Waals surface area (Å²) in [5.41, 5.74) is 1.43. The van der Waals surface area contributed by atoms with E-state index in [0.29, 0.717) is 40.5 Å². The van der Waals surface area contributed by atoms with Gasteiger partial charge in [0.15, 0.2) is 11.5 Å². The van der Waals surface area contributed by atoms with Crippen molar-refractivity contribution in [3.05, 3.63) is 53.1 Å². The van der Waals surface area contributed by atoms with E-state index >= 15 is 0 Å². The number of fused-ring (bicyclic) bond motifs is 1. The number of carboxylic acids is 1. The molecule has 1 N–H and O–H groups in total. The monoisotopic (exact) mass is 385 g/mol. The van der Waals surface area contributed by atoms with Crippen LogP contribution >= 0.6 is 0 Å². The lowest BCUT2D eigenvalue weighted by molar-refractivity contribution is -0.140. The van der Waals surface area contributed by atoms with Gasteiger partial charge in [0.05, 0.1) is 26.9 Å². The molecule has 2 atom stereocenters. The lowest BCUT2D eigenvalue weighted by Gasteiger charge is -2.39. The van der Waals surface area contributed by atoms with Gasteiger partial charge in [0.1, 0.15) is 11.7 Å². The number of carboxylic acid groups (broad SMARTS) is 1. The van der Waals surface area contributed by atoms with Crippen LogP contribution in [-0.4, -0.2) is 49.8 Å². The van der Waals surface area contributed by atoms with Gasteiger partial charge in [-0.3, -0.25) is 9.59 Å². The molecular weight excluding hydrogens is 362 g/mol. The SMILES string of the molecule is CCOc1ccc([C@@H]2[C@H](C(=O)O)c3cc(OC)c(OC)cc3C(=O)N2C)cc1. The van der Waals surface area contributed by atoms with Crippen LogP contribution in [0.25, 0.3) is 0 Å². The first kappa shape index (κ1) is 19.5. The Morgan fingerprint density at radius 2 is 1.71 bits per heavy atom. The maximum atomic E-state index is 13.0. The van der Waals surface area contributed by atoms with Crippen LogP contribution in [0.3, 0.4) is 0 Å². The average Bonchev–Trinajstić information content (AvgIpc) is 2.70. The van der Waals surface area contributed by atoms with Gasteiger partial charge in [0, 0.05) is 12.6 Å². The zero-order valence-corrected chi connectivity index (χ0v) is 16.3. The number of methoxy groups -OCH3 is 2. The standard InChI is InChI=1S/C21H23NO6/c1-5-28-13-8-6-12(7-9-13)19-18(21(24)25)14-10-16(26-3)17(27-4)11-15(14)20(23)22(19)2/h6-11,18-19H,5H2,1-4H3,(H,24,25)/t18-,19-/m1/s1. The van der Waals surface area contributed by atoms with E-state index in [1.807, 2.05) is 6.92 Å². The maximum absolute atomic E-state index is 13.0. The quantitative estimate of drug-likeness (QED) is 0.822. The Morgan fingerprint density at radius 1 is 1.11 bits per heavy atom. The van der Waals surface area contributed by atoms with Crippen molar-refractivity contribution in [3.8, 4) is 17.2 Å². The van der Waals surface area contributed by atoms with Gasteiger partial charge in [-0.25, -0.2) is 0 Å². The highest BCUT2D eigenvalue weighted by Crippen LogP contribution is 2.45. The van der Waals surface area contributed by atoms with Gasteiger partial charge < -0.3 is 24.2 Å². The molecule has 3 rings (SSSR count). The van der Waals surface area contributed by atoms with Crippen molar-refractivity contribution in [1.29, 1.82) is 0 Å². The van der Waals surface area contributed by atoms with Crippen molar-refractivity contribution < 1.29 is 28.9 Å². The summed E-state index contributed by atoms with van der Waals surface area (Å²) >= 11 is 0. The van der Waals surface area contributed by atoms with Crippen LogP contribution in [0.5, 0.6) is 17.2 Å². The zero-order chi connectivity index (χ0) is 20.4. The molecule has 0 fully saturated rings. The van der Waals surface area contributed by atoms with Gasteiger partial charge >= 0.3 is 5.97 Å². The minimum absolute atomic E-state index is 0.271. The molecule has 1 amide bonds. The second kappa shape index (κ2) is 7.80. The van der Waals surface area contributed by atoms with Crippen LogP contribution < -0.4 is 14.2 Å². The molecule has 0 saturated carbocycles. The van der Waals surface area contributed by atoms with E-state index in [9.17, 15) is 14.7 Å². The second-order valence-corrected chi connectivity index (χ2v) is 6.47. The molecule has 0 radical (unpaired) electrons. The average molecular weight is 385 g/mol. The van der Waals surface area contributed by atoms with Gasteiger partial charge in [0.2, 0.25) is 0 Å².